The number of imide groups is 2. The minimum absolute atomic E-state index is 0.00877. The quantitative estimate of drug-likeness (QED) is 0.141. The number of hydrogen-bond donors (Lipinski definition) is 1. The molecule has 14 nitrogen and oxygen atoms in total. The molecule has 0 bridgehead atoms. The van der Waals surface area contributed by atoms with Crippen LogP contribution in [0.15, 0.2) is 84.7 Å². The van der Waals surface area contributed by atoms with E-state index in [-0.39, 0.29) is 54.2 Å². The first kappa shape index (κ1) is 43.5. The van der Waals surface area contributed by atoms with Crippen LogP contribution in [0.4, 0.5) is 8.78 Å². The monoisotopic (exact) mass is 924 g/mol. The summed E-state index contributed by atoms with van der Waals surface area (Å²) in [7, 11) is 0. The van der Waals surface area contributed by atoms with Gasteiger partial charge in [-0.3, -0.25) is 48.3 Å². The Kier molecular flexibility index (Phi) is 13.2. The summed E-state index contributed by atoms with van der Waals surface area (Å²) in [6.07, 6.45) is 15.1. The third kappa shape index (κ3) is 8.79. The van der Waals surface area contributed by atoms with Crippen molar-refractivity contribution in [3.8, 4) is 0 Å². The van der Waals surface area contributed by atoms with Crippen LogP contribution in [-0.4, -0.2) is 119 Å². The van der Waals surface area contributed by atoms with Gasteiger partial charge in [0.1, 0.15) is 0 Å². The van der Waals surface area contributed by atoms with E-state index in [0.29, 0.717) is 71.1 Å². The summed E-state index contributed by atoms with van der Waals surface area (Å²) >= 11 is 3.10. The van der Waals surface area contributed by atoms with Crippen LogP contribution in [0.3, 0.4) is 0 Å². The third-order valence-electron chi connectivity index (χ3n) is 12.6. The molecule has 1 N–H and O–H groups in total. The van der Waals surface area contributed by atoms with E-state index in [0.717, 1.165) is 65.4 Å². The highest BCUT2D eigenvalue weighted by Gasteiger charge is 2.38. The maximum absolute atomic E-state index is 13.7. The Labute approximate surface area is 371 Å². The lowest BCUT2D eigenvalue weighted by atomic mass is 10.0. The fraction of sp³-hybridized carbons (Fsp3) is 0.391. The molecule has 4 aromatic rings. The summed E-state index contributed by atoms with van der Waals surface area (Å²) < 4.78 is 27.7. The minimum Gasteiger partial charge on any atom is -0.335 e. The van der Waals surface area contributed by atoms with Gasteiger partial charge in [0.25, 0.3) is 35.4 Å². The fourth-order valence-electron chi connectivity index (χ4n) is 9.30. The topological polar surface area (TPSA) is 162 Å². The lowest BCUT2D eigenvalue weighted by molar-refractivity contribution is 0.0651. The van der Waals surface area contributed by atoms with Gasteiger partial charge in [-0.1, -0.05) is 65.9 Å². The van der Waals surface area contributed by atoms with E-state index in [1.54, 1.807) is 60.9 Å². The first-order valence-electron chi connectivity index (χ1n) is 21.3. The Morgan fingerprint density at radius 3 is 1.56 bits per heavy atom. The second-order valence-corrected chi connectivity index (χ2v) is 17.0. The van der Waals surface area contributed by atoms with Crippen molar-refractivity contribution in [2.75, 3.05) is 31.5 Å². The zero-order chi connectivity index (χ0) is 44.2. The Morgan fingerprint density at radius 1 is 0.619 bits per heavy atom. The Morgan fingerprint density at radius 2 is 1.08 bits per heavy atom. The van der Waals surface area contributed by atoms with E-state index >= 15 is 0 Å². The molecule has 0 atom stereocenters. The van der Waals surface area contributed by atoms with Gasteiger partial charge < -0.3 is 9.80 Å². The number of carbonyl (C=O) groups excluding carboxylic acids is 6. The van der Waals surface area contributed by atoms with Gasteiger partial charge in [-0.25, -0.2) is 8.78 Å². The summed E-state index contributed by atoms with van der Waals surface area (Å²) in [5.41, 5.74) is 5.08. The molecule has 328 valence electrons. The molecule has 17 heteroatoms. The van der Waals surface area contributed by atoms with Gasteiger partial charge in [0, 0.05) is 55.2 Å². The largest absolute Gasteiger partial charge is 0.335 e. The lowest BCUT2D eigenvalue weighted by Gasteiger charge is -2.31. The number of alkyl halides is 1. The summed E-state index contributed by atoms with van der Waals surface area (Å²) in [5.74, 6) is -1.43. The molecule has 0 saturated heterocycles. The van der Waals surface area contributed by atoms with Crippen molar-refractivity contribution in [3.05, 3.63) is 129 Å². The van der Waals surface area contributed by atoms with E-state index in [1.807, 2.05) is 9.80 Å². The number of H-pyrrole nitrogens is 1. The molecule has 0 spiro atoms. The average molecular weight is 926 g/mol. The second-order valence-electron chi connectivity index (χ2n) is 16.5. The van der Waals surface area contributed by atoms with Gasteiger partial charge in [-0.05, 0) is 61.1 Å². The molecule has 2 aromatic carbocycles. The number of benzene rings is 2. The first-order valence-corrected chi connectivity index (χ1v) is 22.5. The number of amides is 6. The molecule has 0 radical (unpaired) electrons. The molecule has 2 fully saturated rings. The number of fused-ring (bicyclic) bond motifs is 4. The normalized spacial score (nSPS) is 19.0. The number of rotatable bonds is 9. The third-order valence-corrected chi connectivity index (χ3v) is 13.3. The van der Waals surface area contributed by atoms with Crippen molar-refractivity contribution in [3.63, 3.8) is 0 Å². The van der Waals surface area contributed by atoms with Gasteiger partial charge in [-0.15, -0.1) is 0 Å². The van der Waals surface area contributed by atoms with E-state index < -0.39 is 11.8 Å². The summed E-state index contributed by atoms with van der Waals surface area (Å²) in [6, 6.07) is 14.0. The van der Waals surface area contributed by atoms with Crippen LogP contribution in [0.2, 0.25) is 0 Å². The number of hydrogen-bond acceptors (Lipinski definition) is 8. The van der Waals surface area contributed by atoms with Crippen LogP contribution in [0.25, 0.3) is 0 Å². The standard InChI is InChI=1S/C23H23FN4O3.C12H9BrFNO2.C11H15N3O/c24-11-15(13-28-21(29)17-7-3-4-8-18(17)22(28)30)12-26-14-19-20(25-26)9-10-27(23(19)31)16-5-1-2-6-16;13-5-8(6-14)7-15-11(16)9-3-1-2-4-10(9)12(15)17;15-11-9-7-12-13-10(9)5-6-14(11)8-3-1-2-4-8/h3-4,7-8,11,14,16H,1-2,5-6,9-10,12-13H2;1-4,6H,5,7H2;7-8H,1-6H2,(H,12,13)/b15-11-;8-6-;. The van der Waals surface area contributed by atoms with Crippen LogP contribution >= 0.6 is 15.9 Å². The predicted molar refractivity (Wildman–Crippen MR) is 231 cm³/mol. The number of aromatic amines is 1. The van der Waals surface area contributed by atoms with Crippen molar-refractivity contribution in [2.45, 2.75) is 82.8 Å². The van der Waals surface area contributed by atoms with Crippen molar-refractivity contribution in [1.29, 1.82) is 0 Å². The van der Waals surface area contributed by atoms with Crippen LogP contribution in [0.5, 0.6) is 0 Å². The highest BCUT2D eigenvalue weighted by molar-refractivity contribution is 9.09. The lowest BCUT2D eigenvalue weighted by Crippen LogP contribution is -2.43. The Bertz CT molecular complexity index is 2430. The van der Waals surface area contributed by atoms with Crippen LogP contribution in [0, 0.1) is 0 Å². The highest BCUT2D eigenvalue weighted by atomic mass is 79.9. The SMILES string of the molecule is O=C1c2ccccc2C(=O)N1C/C(=C\F)CBr.O=C1c2ccccc2C(=O)N1C/C(=C\F)Cn1cc2c(n1)CCN(C1CCCC1)C2=O.O=C1c2cn[nH]c2CCN1C1CCCC1. The van der Waals surface area contributed by atoms with Gasteiger partial charge in [0.15, 0.2) is 0 Å². The number of aromatic nitrogens is 4. The summed E-state index contributed by atoms with van der Waals surface area (Å²) in [4.78, 5) is 80.1. The number of nitrogens with one attached hydrogen (secondary N) is 1. The maximum Gasteiger partial charge on any atom is 0.261 e. The molecule has 6 amide bonds. The molecule has 2 aliphatic carbocycles. The van der Waals surface area contributed by atoms with Crippen molar-refractivity contribution in [1.82, 2.24) is 39.6 Å². The molecule has 6 heterocycles. The number of carbonyl (C=O) groups is 6. The Balaban J connectivity index is 0.000000143. The summed E-state index contributed by atoms with van der Waals surface area (Å²) in [6.45, 7) is 1.41. The first-order chi connectivity index (χ1) is 30.6. The molecule has 2 aromatic heterocycles. The van der Waals surface area contributed by atoms with E-state index in [9.17, 15) is 37.5 Å². The maximum atomic E-state index is 13.7. The van der Waals surface area contributed by atoms with Gasteiger partial charge in [0.05, 0.1) is 77.6 Å². The molecule has 10 rings (SSSR count). The van der Waals surface area contributed by atoms with Crippen LogP contribution in [-0.2, 0) is 19.4 Å². The van der Waals surface area contributed by atoms with Crippen molar-refractivity contribution in [2.24, 2.45) is 0 Å². The fourth-order valence-corrected chi connectivity index (χ4v) is 9.60. The molecule has 6 aliphatic rings. The average Bonchev–Trinajstić information content (AvgIpc) is 4.19. The van der Waals surface area contributed by atoms with E-state index in [2.05, 4.69) is 31.2 Å². The second kappa shape index (κ2) is 19.1. The molecular weight excluding hydrogens is 878 g/mol. The zero-order valence-electron chi connectivity index (χ0n) is 34.6. The number of halogens is 3. The molecular formula is C46H47BrF2N8O6. The zero-order valence-corrected chi connectivity index (χ0v) is 36.2. The number of nitrogens with zero attached hydrogens (tertiary/aromatic N) is 7. The predicted octanol–water partition coefficient (Wildman–Crippen LogP) is 6.86. The molecule has 63 heavy (non-hydrogen) atoms. The van der Waals surface area contributed by atoms with E-state index in [1.165, 1.54) is 30.4 Å². The van der Waals surface area contributed by atoms with E-state index in [4.69, 9.17) is 0 Å². The van der Waals surface area contributed by atoms with Crippen molar-refractivity contribution < 1.29 is 37.5 Å². The highest BCUT2D eigenvalue weighted by Crippen LogP contribution is 2.30. The molecule has 4 aliphatic heterocycles. The molecule has 0 unspecified atom stereocenters. The van der Waals surface area contributed by atoms with Gasteiger partial charge in [-0.2, -0.15) is 10.2 Å². The Hall–Kier alpha value is -6.10. The smallest absolute Gasteiger partial charge is 0.261 e. The van der Waals surface area contributed by atoms with Crippen LogP contribution in [0.1, 0.15) is 125 Å². The van der Waals surface area contributed by atoms with Crippen molar-refractivity contribution >= 4 is 51.4 Å². The molecule has 2 saturated carbocycles. The van der Waals surface area contributed by atoms with Crippen LogP contribution < -0.4 is 0 Å². The summed E-state index contributed by atoms with van der Waals surface area (Å²) in [5, 5.41) is 11.6. The minimum atomic E-state index is -0.429. The van der Waals surface area contributed by atoms with Gasteiger partial charge in [0.2, 0.25) is 0 Å². The van der Waals surface area contributed by atoms with Gasteiger partial charge >= 0.3 is 0 Å².